The normalized spacial score (nSPS) is 8.83. The van der Waals surface area contributed by atoms with Gasteiger partial charge in [-0.05, 0) is 19.1 Å². The Morgan fingerprint density at radius 3 is 2.92 bits per heavy atom. The average molecular weight is 164 g/mol. The average Bonchev–Trinajstić information content (AvgIpc) is 2.08. The first-order valence-corrected chi connectivity index (χ1v) is 3.37. The number of nitrogens with zero attached hydrogens (tertiary/aromatic N) is 2. The van der Waals surface area contributed by atoms with Crippen LogP contribution in [0.4, 0.5) is 5.69 Å². The molecule has 0 fully saturated rings. The molecule has 0 atom stereocenters. The van der Waals surface area contributed by atoms with E-state index in [2.05, 4.69) is 9.98 Å². The lowest BCUT2D eigenvalue weighted by molar-refractivity contribution is 0.398. The van der Waals surface area contributed by atoms with E-state index < -0.39 is 0 Å². The number of aliphatic imine (C=N–C) groups is 1. The molecule has 1 heterocycles. The molecule has 0 saturated carbocycles. The first kappa shape index (κ1) is 8.43. The highest BCUT2D eigenvalue weighted by molar-refractivity contribution is 5.54. The van der Waals surface area contributed by atoms with Gasteiger partial charge in [-0.1, -0.05) is 0 Å². The molecule has 1 aromatic heterocycles. The second-order valence-corrected chi connectivity index (χ2v) is 2.18. The summed E-state index contributed by atoms with van der Waals surface area (Å²) in [6, 6.07) is 3.41. The van der Waals surface area contributed by atoms with E-state index >= 15 is 0 Å². The third-order valence-electron chi connectivity index (χ3n) is 1.34. The van der Waals surface area contributed by atoms with Crippen molar-refractivity contribution in [2.24, 2.45) is 4.99 Å². The number of rotatable bonds is 2. The standard InChI is InChI=1S/C8H8N2O2/c1-6-3-4-7(9-5-11)8(10-6)12-2/h3-4H,1-2H3. The highest BCUT2D eigenvalue weighted by Gasteiger charge is 2.01. The zero-order valence-electron chi connectivity index (χ0n) is 6.87. The molecule has 1 rings (SSSR count). The topological polar surface area (TPSA) is 51.6 Å². The molecule has 0 spiro atoms. The number of methoxy groups -OCH3 is 1. The first-order chi connectivity index (χ1) is 5.77. The Labute approximate surface area is 69.9 Å². The van der Waals surface area contributed by atoms with Crippen LogP contribution in [0.3, 0.4) is 0 Å². The van der Waals surface area contributed by atoms with Crippen LogP contribution in [0.1, 0.15) is 5.69 Å². The highest BCUT2D eigenvalue weighted by atomic mass is 16.5. The summed E-state index contributed by atoms with van der Waals surface area (Å²) in [5, 5.41) is 0. The van der Waals surface area contributed by atoms with Crippen LogP contribution in [-0.4, -0.2) is 18.2 Å². The van der Waals surface area contributed by atoms with Crippen LogP contribution in [0.25, 0.3) is 0 Å². The van der Waals surface area contributed by atoms with Gasteiger partial charge in [-0.2, -0.15) is 4.99 Å². The fourth-order valence-corrected chi connectivity index (χ4v) is 0.810. The van der Waals surface area contributed by atoms with Crippen LogP contribution in [0, 0.1) is 6.92 Å². The van der Waals surface area contributed by atoms with Gasteiger partial charge < -0.3 is 4.74 Å². The molecule has 62 valence electrons. The smallest absolute Gasteiger partial charge is 0.240 e. The zero-order chi connectivity index (χ0) is 8.97. The summed E-state index contributed by atoms with van der Waals surface area (Å²) in [5.74, 6) is 0.346. The second kappa shape index (κ2) is 3.64. The van der Waals surface area contributed by atoms with Gasteiger partial charge in [0.05, 0.1) is 7.11 Å². The molecular formula is C8H8N2O2. The molecule has 0 aliphatic heterocycles. The van der Waals surface area contributed by atoms with E-state index in [1.165, 1.54) is 13.2 Å². The van der Waals surface area contributed by atoms with Gasteiger partial charge in [0.2, 0.25) is 12.0 Å². The first-order valence-electron chi connectivity index (χ1n) is 3.37. The number of isocyanates is 1. The van der Waals surface area contributed by atoms with Crippen molar-refractivity contribution >= 4 is 11.8 Å². The summed E-state index contributed by atoms with van der Waals surface area (Å²) in [7, 11) is 1.48. The van der Waals surface area contributed by atoms with E-state index in [1.807, 2.05) is 6.92 Å². The van der Waals surface area contributed by atoms with Crippen molar-refractivity contribution in [3.8, 4) is 5.88 Å². The van der Waals surface area contributed by atoms with Gasteiger partial charge in [-0.25, -0.2) is 9.78 Å². The summed E-state index contributed by atoms with van der Waals surface area (Å²) < 4.78 is 4.89. The fourth-order valence-electron chi connectivity index (χ4n) is 0.810. The van der Waals surface area contributed by atoms with Gasteiger partial charge in [0.1, 0.15) is 5.69 Å². The van der Waals surface area contributed by atoms with Crippen LogP contribution >= 0.6 is 0 Å². The Morgan fingerprint density at radius 1 is 1.58 bits per heavy atom. The van der Waals surface area contributed by atoms with E-state index in [-0.39, 0.29) is 0 Å². The van der Waals surface area contributed by atoms with E-state index in [0.29, 0.717) is 11.6 Å². The van der Waals surface area contributed by atoms with Crippen molar-refractivity contribution in [1.29, 1.82) is 0 Å². The Balaban J connectivity index is 3.19. The molecular weight excluding hydrogens is 156 g/mol. The lowest BCUT2D eigenvalue weighted by atomic mass is 10.3. The van der Waals surface area contributed by atoms with Crippen molar-refractivity contribution in [1.82, 2.24) is 4.98 Å². The van der Waals surface area contributed by atoms with Crippen molar-refractivity contribution in [3.05, 3.63) is 17.8 Å². The molecule has 0 N–H and O–H groups in total. The predicted molar refractivity (Wildman–Crippen MR) is 43.3 cm³/mol. The number of carbonyl (C=O) groups excluding carboxylic acids is 1. The van der Waals surface area contributed by atoms with Crippen LogP contribution in [0.2, 0.25) is 0 Å². The van der Waals surface area contributed by atoms with Gasteiger partial charge in [-0.3, -0.25) is 0 Å². The summed E-state index contributed by atoms with van der Waals surface area (Å²) >= 11 is 0. The molecule has 0 aromatic carbocycles. The second-order valence-electron chi connectivity index (χ2n) is 2.18. The third kappa shape index (κ3) is 1.68. The Kier molecular flexibility index (Phi) is 2.56. The van der Waals surface area contributed by atoms with Crippen molar-refractivity contribution in [3.63, 3.8) is 0 Å². The van der Waals surface area contributed by atoms with Gasteiger partial charge >= 0.3 is 0 Å². The van der Waals surface area contributed by atoms with Crippen molar-refractivity contribution in [2.45, 2.75) is 6.92 Å². The van der Waals surface area contributed by atoms with Crippen LogP contribution in [0.5, 0.6) is 5.88 Å². The molecule has 0 bridgehead atoms. The molecule has 12 heavy (non-hydrogen) atoms. The summed E-state index contributed by atoms with van der Waals surface area (Å²) in [6.07, 6.45) is 1.43. The number of hydrogen-bond acceptors (Lipinski definition) is 4. The minimum absolute atomic E-state index is 0.346. The van der Waals surface area contributed by atoms with Gasteiger partial charge in [0, 0.05) is 5.69 Å². The SMILES string of the molecule is COc1nc(C)ccc1N=C=O. The maximum atomic E-state index is 9.95. The molecule has 0 radical (unpaired) electrons. The Morgan fingerprint density at radius 2 is 2.33 bits per heavy atom. The minimum Gasteiger partial charge on any atom is -0.479 e. The van der Waals surface area contributed by atoms with Crippen LogP contribution in [0.15, 0.2) is 17.1 Å². The largest absolute Gasteiger partial charge is 0.479 e. The summed E-state index contributed by atoms with van der Waals surface area (Å²) in [4.78, 5) is 17.4. The number of pyridine rings is 1. The Bertz CT molecular complexity index is 330. The zero-order valence-corrected chi connectivity index (χ0v) is 6.87. The van der Waals surface area contributed by atoms with E-state index in [9.17, 15) is 4.79 Å². The quantitative estimate of drug-likeness (QED) is 0.490. The molecule has 0 aliphatic rings. The molecule has 0 aliphatic carbocycles. The molecule has 4 heteroatoms. The molecule has 0 amide bonds. The number of ether oxygens (including phenoxy) is 1. The number of aromatic nitrogens is 1. The molecule has 0 unspecified atom stereocenters. The fraction of sp³-hybridized carbons (Fsp3) is 0.250. The molecule has 0 saturated heterocycles. The number of hydrogen-bond donors (Lipinski definition) is 0. The lowest BCUT2D eigenvalue weighted by Gasteiger charge is -2.01. The summed E-state index contributed by atoms with van der Waals surface area (Å²) in [5.41, 5.74) is 1.22. The third-order valence-corrected chi connectivity index (χ3v) is 1.34. The molecule has 4 nitrogen and oxygen atoms in total. The minimum atomic E-state index is 0.346. The highest BCUT2D eigenvalue weighted by Crippen LogP contribution is 2.23. The van der Waals surface area contributed by atoms with E-state index in [1.54, 1.807) is 12.1 Å². The maximum Gasteiger partial charge on any atom is 0.240 e. The van der Waals surface area contributed by atoms with E-state index in [0.717, 1.165) is 5.69 Å². The van der Waals surface area contributed by atoms with Crippen LogP contribution < -0.4 is 4.74 Å². The Hall–Kier alpha value is -1.67. The lowest BCUT2D eigenvalue weighted by Crippen LogP contribution is -1.89. The van der Waals surface area contributed by atoms with Gasteiger partial charge in [0.25, 0.3) is 0 Å². The van der Waals surface area contributed by atoms with Crippen molar-refractivity contribution in [2.75, 3.05) is 7.11 Å². The van der Waals surface area contributed by atoms with E-state index in [4.69, 9.17) is 4.74 Å². The van der Waals surface area contributed by atoms with Gasteiger partial charge in [-0.15, -0.1) is 0 Å². The van der Waals surface area contributed by atoms with Crippen molar-refractivity contribution < 1.29 is 9.53 Å². The summed E-state index contributed by atoms with van der Waals surface area (Å²) in [6.45, 7) is 1.83. The van der Waals surface area contributed by atoms with Gasteiger partial charge in [0.15, 0.2) is 0 Å². The number of aryl methyl sites for hydroxylation is 1. The molecule has 1 aromatic rings. The maximum absolute atomic E-state index is 9.95. The predicted octanol–water partition coefficient (Wildman–Crippen LogP) is 1.37. The van der Waals surface area contributed by atoms with Crippen LogP contribution in [-0.2, 0) is 4.79 Å². The monoisotopic (exact) mass is 164 g/mol.